The second kappa shape index (κ2) is 7.33. The number of para-hydroxylation sites is 3. The van der Waals surface area contributed by atoms with E-state index in [1.165, 1.54) is 10.8 Å². The molecule has 6 aromatic rings. The fraction of sp³-hybridized carbons (Fsp3) is 0. The van der Waals surface area contributed by atoms with Gasteiger partial charge in [-0.05, 0) is 42.5 Å². The Bertz CT molecular complexity index is 1850. The van der Waals surface area contributed by atoms with Gasteiger partial charge in [0.2, 0.25) is 0 Å². The van der Waals surface area contributed by atoms with Crippen molar-refractivity contribution in [3.63, 3.8) is 0 Å². The Morgan fingerprint density at radius 3 is 2.11 bits per heavy atom. The van der Waals surface area contributed by atoms with Crippen molar-refractivity contribution >= 4 is 50.2 Å². The second-order valence-electron chi connectivity index (χ2n) is 8.45. The summed E-state index contributed by atoms with van der Waals surface area (Å²) in [6, 6.07) is 37.3. The zero-order chi connectivity index (χ0) is 23.5. The molecule has 1 aliphatic rings. The first-order valence-corrected chi connectivity index (χ1v) is 12.1. The summed E-state index contributed by atoms with van der Waals surface area (Å²) in [6.07, 6.45) is 0. The minimum absolute atomic E-state index is 0.508. The third-order valence-corrected chi connectivity index (χ3v) is 7.75. The molecule has 0 radical (unpaired) electrons. The van der Waals surface area contributed by atoms with Crippen molar-refractivity contribution in [2.45, 2.75) is 0 Å². The maximum atomic E-state index is 9.84. The van der Waals surface area contributed by atoms with E-state index in [4.69, 9.17) is 0 Å². The van der Waals surface area contributed by atoms with Gasteiger partial charge in [-0.3, -0.25) is 4.57 Å². The van der Waals surface area contributed by atoms with E-state index in [-0.39, 0.29) is 0 Å². The molecule has 3 heterocycles. The SMILES string of the molecule is N#Cc1cccc(C#N)c1-c1cc2c(s1)-n1c3ccccc3c3cccc(c31)N2c1ccccc1. The summed E-state index contributed by atoms with van der Waals surface area (Å²) < 4.78 is 2.34. The Labute approximate surface area is 205 Å². The van der Waals surface area contributed by atoms with Crippen LogP contribution in [0.15, 0.2) is 97.1 Å². The van der Waals surface area contributed by atoms with E-state index >= 15 is 0 Å². The number of hydrogen-bond donors (Lipinski definition) is 0. The topological polar surface area (TPSA) is 55.8 Å². The lowest BCUT2D eigenvalue weighted by Gasteiger charge is -2.30. The van der Waals surface area contributed by atoms with Crippen molar-refractivity contribution in [2.24, 2.45) is 0 Å². The monoisotopic (exact) mass is 464 g/mol. The molecule has 4 nitrogen and oxygen atoms in total. The average Bonchev–Trinajstić information content (AvgIpc) is 3.49. The molecule has 0 spiro atoms. The second-order valence-corrected chi connectivity index (χ2v) is 9.48. The lowest BCUT2D eigenvalue weighted by molar-refractivity contribution is 1.15. The molecule has 0 saturated heterocycles. The van der Waals surface area contributed by atoms with Crippen molar-refractivity contribution in [1.29, 1.82) is 10.5 Å². The van der Waals surface area contributed by atoms with E-state index in [0.717, 1.165) is 38.0 Å². The van der Waals surface area contributed by atoms with Gasteiger partial charge in [-0.15, -0.1) is 11.3 Å². The third kappa shape index (κ3) is 2.65. The Morgan fingerprint density at radius 2 is 1.34 bits per heavy atom. The highest BCUT2D eigenvalue weighted by atomic mass is 32.1. The number of anilines is 3. The van der Waals surface area contributed by atoms with Crippen molar-refractivity contribution < 1.29 is 0 Å². The van der Waals surface area contributed by atoms with Crippen LogP contribution in [-0.4, -0.2) is 4.57 Å². The number of hydrogen-bond acceptors (Lipinski definition) is 4. The van der Waals surface area contributed by atoms with Crippen molar-refractivity contribution in [2.75, 3.05) is 4.90 Å². The van der Waals surface area contributed by atoms with Gasteiger partial charge in [-0.1, -0.05) is 54.6 Å². The number of fused-ring (bicyclic) bond motifs is 5. The number of nitriles is 2. The zero-order valence-corrected chi connectivity index (χ0v) is 19.3. The first kappa shape index (κ1) is 19.6. The summed E-state index contributed by atoms with van der Waals surface area (Å²) in [7, 11) is 0. The molecule has 0 amide bonds. The molecule has 0 atom stereocenters. The van der Waals surface area contributed by atoms with Crippen molar-refractivity contribution in [3.8, 4) is 27.6 Å². The van der Waals surface area contributed by atoms with Gasteiger partial charge in [0.05, 0.1) is 45.7 Å². The van der Waals surface area contributed by atoms with E-state index < -0.39 is 0 Å². The Hall–Kier alpha value is -4.84. The van der Waals surface area contributed by atoms with Gasteiger partial charge < -0.3 is 4.90 Å². The van der Waals surface area contributed by atoms with Gasteiger partial charge in [0, 0.05) is 26.9 Å². The smallest absolute Gasteiger partial charge is 0.125 e. The highest BCUT2D eigenvalue weighted by Crippen LogP contribution is 2.54. The number of nitrogens with zero attached hydrogens (tertiary/aromatic N) is 4. The van der Waals surface area contributed by atoms with Gasteiger partial charge in [-0.2, -0.15) is 10.5 Å². The van der Waals surface area contributed by atoms with E-state index in [2.05, 4.69) is 82.3 Å². The molecule has 0 unspecified atom stereocenters. The van der Waals surface area contributed by atoms with E-state index in [0.29, 0.717) is 16.7 Å². The number of thiophene rings is 1. The first-order chi connectivity index (χ1) is 17.3. The first-order valence-electron chi connectivity index (χ1n) is 11.3. The largest absolute Gasteiger partial charge is 0.305 e. The van der Waals surface area contributed by atoms with E-state index in [1.54, 1.807) is 29.5 Å². The zero-order valence-electron chi connectivity index (χ0n) is 18.4. The van der Waals surface area contributed by atoms with Crippen LogP contribution in [0.5, 0.6) is 0 Å². The molecule has 4 aromatic carbocycles. The predicted octanol–water partition coefficient (Wildman–Crippen LogP) is 8.04. The molecule has 0 bridgehead atoms. The average molecular weight is 465 g/mol. The maximum Gasteiger partial charge on any atom is 0.125 e. The van der Waals surface area contributed by atoms with Gasteiger partial charge >= 0.3 is 0 Å². The molecule has 0 aliphatic carbocycles. The van der Waals surface area contributed by atoms with Crippen molar-refractivity contribution in [1.82, 2.24) is 4.57 Å². The summed E-state index contributed by atoms with van der Waals surface area (Å²) in [4.78, 5) is 3.20. The summed E-state index contributed by atoms with van der Waals surface area (Å²) in [5, 5.41) is 23.2. The molecular weight excluding hydrogens is 448 g/mol. The van der Waals surface area contributed by atoms with Crippen LogP contribution in [0.3, 0.4) is 0 Å². The maximum absolute atomic E-state index is 9.84. The molecule has 162 valence electrons. The van der Waals surface area contributed by atoms with Gasteiger partial charge in [0.1, 0.15) is 5.00 Å². The number of aromatic nitrogens is 1. The number of rotatable bonds is 2. The minimum atomic E-state index is 0.508. The molecule has 1 aliphatic heterocycles. The Kier molecular flexibility index (Phi) is 4.11. The standard InChI is InChI=1S/C30H16N4S/c31-17-19-8-6-9-20(18-32)28(19)27-16-26-30(35-27)34-24-14-5-4-12-22(24)23-13-7-15-25(29(23)34)33(26)21-10-2-1-3-11-21/h1-16H. The van der Waals surface area contributed by atoms with Gasteiger partial charge in [-0.25, -0.2) is 0 Å². The van der Waals surface area contributed by atoms with Crippen LogP contribution in [-0.2, 0) is 0 Å². The summed E-state index contributed by atoms with van der Waals surface area (Å²) in [6.45, 7) is 0. The van der Waals surface area contributed by atoms with Crippen LogP contribution in [0.1, 0.15) is 11.1 Å². The highest BCUT2D eigenvalue weighted by Gasteiger charge is 2.31. The highest BCUT2D eigenvalue weighted by molar-refractivity contribution is 7.18. The molecule has 5 heteroatoms. The molecule has 35 heavy (non-hydrogen) atoms. The Morgan fingerprint density at radius 1 is 0.657 bits per heavy atom. The van der Waals surface area contributed by atoms with Crippen LogP contribution < -0.4 is 4.90 Å². The van der Waals surface area contributed by atoms with Crippen LogP contribution in [0.4, 0.5) is 17.1 Å². The molecule has 7 rings (SSSR count). The molecule has 0 fully saturated rings. The molecule has 2 aromatic heterocycles. The normalized spacial score (nSPS) is 11.9. The molecule has 0 saturated carbocycles. The van der Waals surface area contributed by atoms with Crippen LogP contribution >= 0.6 is 11.3 Å². The van der Waals surface area contributed by atoms with Crippen LogP contribution in [0, 0.1) is 22.7 Å². The summed E-state index contributed by atoms with van der Waals surface area (Å²) >= 11 is 1.62. The van der Waals surface area contributed by atoms with Gasteiger partial charge in [0.15, 0.2) is 0 Å². The van der Waals surface area contributed by atoms with Crippen molar-refractivity contribution in [3.05, 3.63) is 108 Å². The molecule has 0 N–H and O–H groups in total. The lowest BCUT2D eigenvalue weighted by Crippen LogP contribution is -2.16. The van der Waals surface area contributed by atoms with E-state index in [9.17, 15) is 10.5 Å². The fourth-order valence-corrected chi connectivity index (χ4v) is 6.43. The van der Waals surface area contributed by atoms with Gasteiger partial charge in [0.25, 0.3) is 0 Å². The lowest BCUT2D eigenvalue weighted by atomic mass is 10.0. The quantitative estimate of drug-likeness (QED) is 0.260. The van der Waals surface area contributed by atoms with Crippen LogP contribution in [0.25, 0.3) is 37.2 Å². The summed E-state index contributed by atoms with van der Waals surface area (Å²) in [5.41, 5.74) is 7.23. The number of benzene rings is 4. The fourth-order valence-electron chi connectivity index (χ4n) is 5.20. The predicted molar refractivity (Wildman–Crippen MR) is 142 cm³/mol. The van der Waals surface area contributed by atoms with E-state index in [1.807, 2.05) is 18.2 Å². The third-order valence-electron chi connectivity index (χ3n) is 6.62. The summed E-state index contributed by atoms with van der Waals surface area (Å²) in [5.74, 6) is 0. The Balaban J connectivity index is 1.63. The molecular formula is C30H16N4S. The minimum Gasteiger partial charge on any atom is -0.305 e. The van der Waals surface area contributed by atoms with Crippen LogP contribution in [0.2, 0.25) is 0 Å².